The van der Waals surface area contributed by atoms with Gasteiger partial charge >= 0.3 is 5.79 Å². The number of hydrogen-bond donors (Lipinski definition) is 2. The highest BCUT2D eigenvalue weighted by molar-refractivity contribution is 5.74. The molecule has 0 bridgehead atoms. The number of nitrogens with one attached hydrogen (secondary N) is 2. The molecule has 1 aliphatic rings. The van der Waals surface area contributed by atoms with E-state index in [4.69, 9.17) is 0 Å². The number of nitrogens with zero attached hydrogens (tertiary/aromatic N) is 1. The summed E-state index contributed by atoms with van der Waals surface area (Å²) < 4.78 is 0. The average Bonchev–Trinajstić information content (AvgIpc) is 1.99. The van der Waals surface area contributed by atoms with E-state index in [1.54, 1.807) is 19.9 Å². The summed E-state index contributed by atoms with van der Waals surface area (Å²) in [5, 5.41) is 15.9. The molecule has 0 aromatic carbocycles. The lowest BCUT2D eigenvalue weighted by atomic mass is 10.1. The standard InChI is InChI=1S/C9H13N3O3/c1-6-4-7(2)10-9(5-6,12(14)15)11-8(3)13/h4-5,10H,1-3H3,(H,11,13). The molecule has 0 aliphatic carbocycles. The van der Waals surface area contributed by atoms with Crippen molar-refractivity contribution >= 4 is 5.91 Å². The second-order valence-electron chi connectivity index (χ2n) is 3.55. The van der Waals surface area contributed by atoms with Crippen LogP contribution in [0.4, 0.5) is 0 Å². The van der Waals surface area contributed by atoms with E-state index in [1.165, 1.54) is 13.0 Å². The highest BCUT2D eigenvalue weighted by Crippen LogP contribution is 2.17. The molecule has 0 aromatic heterocycles. The van der Waals surface area contributed by atoms with Crippen LogP contribution in [-0.2, 0) is 4.79 Å². The molecule has 1 unspecified atom stereocenters. The van der Waals surface area contributed by atoms with Crippen LogP contribution in [0.1, 0.15) is 20.8 Å². The van der Waals surface area contributed by atoms with Gasteiger partial charge in [0.1, 0.15) is 0 Å². The summed E-state index contributed by atoms with van der Waals surface area (Å²) in [7, 11) is 0. The fraction of sp³-hybridized carbons (Fsp3) is 0.444. The van der Waals surface area contributed by atoms with Crippen LogP contribution in [0.15, 0.2) is 23.4 Å². The van der Waals surface area contributed by atoms with Crippen LogP contribution in [0, 0.1) is 10.1 Å². The van der Waals surface area contributed by atoms with Crippen LogP contribution in [-0.4, -0.2) is 16.6 Å². The lowest BCUT2D eigenvalue weighted by molar-refractivity contribution is -0.567. The van der Waals surface area contributed by atoms with Crippen LogP contribution in [0.25, 0.3) is 0 Å². The van der Waals surface area contributed by atoms with E-state index < -0.39 is 16.6 Å². The van der Waals surface area contributed by atoms with Gasteiger partial charge in [0.15, 0.2) is 0 Å². The zero-order valence-electron chi connectivity index (χ0n) is 8.83. The molecule has 0 fully saturated rings. The first kappa shape index (κ1) is 11.2. The minimum Gasteiger partial charge on any atom is -0.303 e. The summed E-state index contributed by atoms with van der Waals surface area (Å²) in [4.78, 5) is 21.3. The maximum atomic E-state index is 11.0. The minimum atomic E-state index is -1.71. The third-order valence-corrected chi connectivity index (χ3v) is 1.92. The fourth-order valence-corrected chi connectivity index (χ4v) is 1.57. The second kappa shape index (κ2) is 3.72. The van der Waals surface area contributed by atoms with Crippen molar-refractivity contribution in [2.45, 2.75) is 26.6 Å². The molecule has 1 rings (SSSR count). The normalized spacial score (nSPS) is 24.7. The van der Waals surface area contributed by atoms with Gasteiger partial charge in [0.25, 0.3) is 0 Å². The first-order valence-corrected chi connectivity index (χ1v) is 4.45. The van der Waals surface area contributed by atoms with Crippen molar-refractivity contribution in [1.82, 2.24) is 10.6 Å². The first-order chi connectivity index (χ1) is 6.85. The first-order valence-electron chi connectivity index (χ1n) is 4.45. The summed E-state index contributed by atoms with van der Waals surface area (Å²) in [6.07, 6.45) is 3.14. The van der Waals surface area contributed by atoms with Crippen LogP contribution in [0.3, 0.4) is 0 Å². The summed E-state index contributed by atoms with van der Waals surface area (Å²) in [5.41, 5.74) is 1.37. The molecule has 1 heterocycles. The van der Waals surface area contributed by atoms with Crippen molar-refractivity contribution in [1.29, 1.82) is 0 Å². The highest BCUT2D eigenvalue weighted by Gasteiger charge is 2.43. The van der Waals surface area contributed by atoms with Crippen molar-refractivity contribution in [2.75, 3.05) is 0 Å². The van der Waals surface area contributed by atoms with Crippen molar-refractivity contribution in [3.63, 3.8) is 0 Å². The van der Waals surface area contributed by atoms with Crippen LogP contribution < -0.4 is 10.6 Å². The SMILES string of the molecule is CC(=O)NC1([N+](=O)[O-])C=C(C)C=C(C)N1. The van der Waals surface area contributed by atoms with Crippen molar-refractivity contribution < 1.29 is 9.72 Å². The molecule has 0 radical (unpaired) electrons. The lowest BCUT2D eigenvalue weighted by Crippen LogP contribution is -2.62. The van der Waals surface area contributed by atoms with Gasteiger partial charge in [-0.05, 0) is 25.5 Å². The van der Waals surface area contributed by atoms with Crippen molar-refractivity contribution in [3.8, 4) is 0 Å². The molecule has 0 aromatic rings. The van der Waals surface area contributed by atoms with Gasteiger partial charge in [0, 0.05) is 18.7 Å². The number of rotatable bonds is 2. The molecule has 1 atom stereocenters. The Morgan fingerprint density at radius 1 is 1.60 bits per heavy atom. The fourth-order valence-electron chi connectivity index (χ4n) is 1.57. The zero-order chi connectivity index (χ0) is 11.6. The van der Waals surface area contributed by atoms with Gasteiger partial charge < -0.3 is 5.32 Å². The van der Waals surface area contributed by atoms with Gasteiger partial charge in [-0.15, -0.1) is 0 Å². The number of amides is 1. The summed E-state index contributed by atoms with van der Waals surface area (Å²) >= 11 is 0. The Bertz CT molecular complexity index is 369. The Labute approximate surface area is 87.2 Å². The molecular formula is C9H13N3O3. The highest BCUT2D eigenvalue weighted by atomic mass is 16.6. The molecule has 15 heavy (non-hydrogen) atoms. The number of carbonyl (C=O) groups excluding carboxylic acids is 1. The van der Waals surface area contributed by atoms with Gasteiger partial charge in [-0.2, -0.15) is 0 Å². The minimum absolute atomic E-state index is 0.460. The molecule has 2 N–H and O–H groups in total. The zero-order valence-corrected chi connectivity index (χ0v) is 8.83. The van der Waals surface area contributed by atoms with E-state index >= 15 is 0 Å². The second-order valence-corrected chi connectivity index (χ2v) is 3.55. The van der Waals surface area contributed by atoms with Gasteiger partial charge in [-0.1, -0.05) is 0 Å². The van der Waals surface area contributed by atoms with E-state index in [-0.39, 0.29) is 0 Å². The molecule has 0 saturated heterocycles. The number of dihydropyridines is 1. The van der Waals surface area contributed by atoms with Crippen LogP contribution in [0.5, 0.6) is 0 Å². The molecule has 6 nitrogen and oxygen atoms in total. The maximum Gasteiger partial charge on any atom is 0.396 e. The Balaban J connectivity index is 3.09. The average molecular weight is 211 g/mol. The van der Waals surface area contributed by atoms with E-state index in [1.807, 2.05) is 0 Å². The van der Waals surface area contributed by atoms with Gasteiger partial charge in [0.05, 0.1) is 4.92 Å². The van der Waals surface area contributed by atoms with Crippen LogP contribution >= 0.6 is 0 Å². The maximum absolute atomic E-state index is 11.0. The van der Waals surface area contributed by atoms with Crippen molar-refractivity contribution in [3.05, 3.63) is 33.5 Å². The summed E-state index contributed by atoms with van der Waals surface area (Å²) in [6.45, 7) is 4.69. The van der Waals surface area contributed by atoms with Crippen LogP contribution in [0.2, 0.25) is 0 Å². The van der Waals surface area contributed by atoms with Crippen molar-refractivity contribution in [2.24, 2.45) is 0 Å². The molecule has 1 amide bonds. The molecule has 1 aliphatic heterocycles. The summed E-state index contributed by atoms with van der Waals surface area (Å²) in [5.74, 6) is -2.17. The quantitative estimate of drug-likeness (QED) is 0.396. The number of hydrogen-bond acceptors (Lipinski definition) is 4. The number of carbonyl (C=O) groups is 1. The molecule has 6 heteroatoms. The molecule has 0 spiro atoms. The predicted octanol–water partition coefficient (Wildman–Crippen LogP) is 0.506. The van der Waals surface area contributed by atoms with Gasteiger partial charge in [0.2, 0.25) is 5.91 Å². The lowest BCUT2D eigenvalue weighted by Gasteiger charge is -2.27. The number of allylic oxidation sites excluding steroid dienone is 3. The molecular weight excluding hydrogens is 198 g/mol. The molecule has 82 valence electrons. The number of nitro groups is 1. The van der Waals surface area contributed by atoms with E-state index in [9.17, 15) is 14.9 Å². The van der Waals surface area contributed by atoms with Gasteiger partial charge in [-0.25, -0.2) is 0 Å². The Hall–Kier alpha value is -1.85. The third-order valence-electron chi connectivity index (χ3n) is 1.92. The Morgan fingerprint density at radius 2 is 2.20 bits per heavy atom. The van der Waals surface area contributed by atoms with E-state index in [0.717, 1.165) is 5.57 Å². The largest absolute Gasteiger partial charge is 0.396 e. The van der Waals surface area contributed by atoms with E-state index in [0.29, 0.717) is 5.70 Å². The summed E-state index contributed by atoms with van der Waals surface area (Å²) in [6, 6.07) is 0. The third kappa shape index (κ3) is 2.34. The predicted molar refractivity (Wildman–Crippen MR) is 54.2 cm³/mol. The van der Waals surface area contributed by atoms with Gasteiger partial charge in [-0.3, -0.25) is 20.2 Å². The smallest absolute Gasteiger partial charge is 0.303 e. The topological polar surface area (TPSA) is 84.3 Å². The Kier molecular flexibility index (Phi) is 2.78. The van der Waals surface area contributed by atoms with E-state index in [2.05, 4.69) is 10.6 Å². The molecule has 0 saturated carbocycles. The monoisotopic (exact) mass is 211 g/mol. The Morgan fingerprint density at radius 3 is 2.60 bits per heavy atom.